The lowest BCUT2D eigenvalue weighted by atomic mass is 9.83. The van der Waals surface area contributed by atoms with Gasteiger partial charge < -0.3 is 4.42 Å². The van der Waals surface area contributed by atoms with Gasteiger partial charge in [-0.2, -0.15) is 0 Å². The van der Waals surface area contributed by atoms with E-state index in [9.17, 15) is 5.48 Å². The molecule has 0 aliphatic heterocycles. The zero-order chi connectivity index (χ0) is 42.8. The fourth-order valence-electron chi connectivity index (χ4n) is 6.09. The van der Waals surface area contributed by atoms with Gasteiger partial charge in [0.2, 0.25) is 0 Å². The molecule has 8 aromatic carbocycles. The predicted octanol–water partition coefficient (Wildman–Crippen LogP) is 12.6. The van der Waals surface area contributed by atoms with Gasteiger partial charge in [0, 0.05) is 16.3 Å². The summed E-state index contributed by atoms with van der Waals surface area (Å²) in [4.78, 5) is 0. The van der Waals surface area contributed by atoms with Gasteiger partial charge in [-0.15, -0.1) is 0 Å². The summed E-state index contributed by atoms with van der Waals surface area (Å²) in [7, 11) is 0. The van der Waals surface area contributed by atoms with Crippen LogP contribution in [-0.4, -0.2) is 0 Å². The Morgan fingerprint density at radius 1 is 0.378 bits per heavy atom. The molecule has 0 radical (unpaired) electrons. The van der Waals surface area contributed by atoms with Crippen molar-refractivity contribution in [2.75, 3.05) is 0 Å². The van der Waals surface area contributed by atoms with Crippen molar-refractivity contribution in [3.8, 4) is 44.5 Å². The summed E-state index contributed by atoms with van der Waals surface area (Å²) in [6.07, 6.45) is 0. The summed E-state index contributed by atoms with van der Waals surface area (Å²) in [6, 6.07) is 15.1. The minimum atomic E-state index is -0.696. The summed E-state index contributed by atoms with van der Waals surface area (Å²) in [5.74, 6) is 0. The van der Waals surface area contributed by atoms with Crippen molar-refractivity contribution in [3.05, 3.63) is 169 Å². The molecule has 0 unspecified atom stereocenters. The van der Waals surface area contributed by atoms with E-state index in [1.807, 2.05) is 6.07 Å². The second-order valence-corrected chi connectivity index (χ2v) is 10.5. The van der Waals surface area contributed by atoms with Crippen LogP contribution in [0.4, 0.5) is 0 Å². The Kier molecular flexibility index (Phi) is 3.39. The van der Waals surface area contributed by atoms with Crippen molar-refractivity contribution < 1.29 is 25.0 Å². The van der Waals surface area contributed by atoms with E-state index >= 15 is 0 Å². The van der Waals surface area contributed by atoms with E-state index in [1.54, 1.807) is 72.8 Å². The van der Waals surface area contributed by atoms with Crippen molar-refractivity contribution in [2.45, 2.75) is 0 Å². The SMILES string of the molecule is [2H]c1c([2H])c([2H])c(-c2c([2H])c([2H])c([2H])c3c2oc2c([2H])c([2H])c(-c4c5ccccc5c(-c5c([2H])c([2H])c([2H])c([2H])c5-c5ccccc5)c5ccccc45)c([2H])c23)c([2H])c1[2H]. The number of para-hydroxylation sites is 1. The lowest BCUT2D eigenvalue weighted by Crippen LogP contribution is -1.92. The molecule has 1 nitrogen and oxygen atoms in total. The first-order valence-corrected chi connectivity index (χ1v) is 14.2. The molecule has 0 bridgehead atoms. The normalized spacial score (nSPS) is 16.2. The van der Waals surface area contributed by atoms with E-state index in [2.05, 4.69) is 0 Å². The number of hydrogen-bond donors (Lipinski definition) is 0. The Morgan fingerprint density at radius 2 is 0.978 bits per heavy atom. The third kappa shape index (κ3) is 4.09. The number of hydrogen-bond acceptors (Lipinski definition) is 1. The third-order valence-corrected chi connectivity index (χ3v) is 7.99. The molecule has 1 heterocycles. The second kappa shape index (κ2) is 10.4. The van der Waals surface area contributed by atoms with E-state index < -0.39 is 78.1 Å². The molecule has 0 spiro atoms. The Morgan fingerprint density at radius 3 is 1.69 bits per heavy atom. The molecule has 1 heteroatoms. The smallest absolute Gasteiger partial charge is 0.143 e. The fraction of sp³-hybridized carbons (Fsp3) is 0. The van der Waals surface area contributed by atoms with Crippen LogP contribution in [0.1, 0.15) is 20.6 Å². The molecule has 0 saturated heterocycles. The third-order valence-electron chi connectivity index (χ3n) is 7.99. The number of rotatable bonds is 4. The minimum Gasteiger partial charge on any atom is -0.455 e. The molecule has 0 saturated carbocycles. The maximum Gasteiger partial charge on any atom is 0.143 e. The van der Waals surface area contributed by atoms with Crippen LogP contribution in [-0.2, 0) is 0 Å². The molecule has 9 aromatic rings. The molecule has 45 heavy (non-hydrogen) atoms. The molecule has 9 rings (SSSR count). The number of fused-ring (bicyclic) bond motifs is 5. The number of furan rings is 1. The van der Waals surface area contributed by atoms with Gasteiger partial charge in [0.25, 0.3) is 0 Å². The van der Waals surface area contributed by atoms with Gasteiger partial charge in [0.15, 0.2) is 0 Å². The van der Waals surface area contributed by atoms with Gasteiger partial charge in [-0.05, 0) is 72.6 Å². The van der Waals surface area contributed by atoms with Crippen molar-refractivity contribution in [2.24, 2.45) is 0 Å². The van der Waals surface area contributed by atoms with E-state index in [4.69, 9.17) is 19.5 Å². The van der Waals surface area contributed by atoms with Crippen molar-refractivity contribution in [1.82, 2.24) is 0 Å². The predicted molar refractivity (Wildman–Crippen MR) is 190 cm³/mol. The van der Waals surface area contributed by atoms with E-state index in [1.165, 1.54) is 0 Å². The second-order valence-electron chi connectivity index (χ2n) is 10.5. The average molecular weight is 588 g/mol. The summed E-state index contributed by atoms with van der Waals surface area (Å²) in [5, 5.41) is 1.65. The Bertz CT molecular complexity index is 3290. The average Bonchev–Trinajstić information content (AvgIpc) is 3.66. The molecular weight excluding hydrogens is 544 g/mol. The minimum absolute atomic E-state index is 0.0439. The van der Waals surface area contributed by atoms with Crippen LogP contribution < -0.4 is 0 Å². The standard InChI is InChI=1S/C44H28O/c1-3-14-29(15-4-1)32-18-7-8-19-34(32)43-37-22-11-9-20-35(37)42(36-21-10-12-23-38(36)43)31-26-27-41-40(28-31)39-25-13-24-33(44(39)45-41)30-16-5-2-6-17-30/h1-28H/i2D,5D,6D,7D,8D,13D,16D,17D,18D,19D,24D,25D,26D,27D,28D. The first-order chi connectivity index (χ1) is 28.6. The lowest BCUT2D eigenvalue weighted by molar-refractivity contribution is 0.670. The maximum atomic E-state index is 9.80. The topological polar surface area (TPSA) is 13.1 Å². The van der Waals surface area contributed by atoms with Gasteiger partial charge in [0.1, 0.15) is 11.2 Å². The molecule has 210 valence electrons. The van der Waals surface area contributed by atoms with Crippen LogP contribution in [0.15, 0.2) is 174 Å². The molecule has 0 fully saturated rings. The quantitative estimate of drug-likeness (QED) is 0.187. The highest BCUT2D eigenvalue weighted by Crippen LogP contribution is 2.47. The zero-order valence-corrected chi connectivity index (χ0v) is 23.4. The summed E-state index contributed by atoms with van der Waals surface area (Å²) in [5.41, 5.74) is 0.367. The van der Waals surface area contributed by atoms with Crippen LogP contribution >= 0.6 is 0 Å². The summed E-state index contributed by atoms with van der Waals surface area (Å²) in [6.45, 7) is 0. The van der Waals surface area contributed by atoms with E-state index in [0.29, 0.717) is 38.2 Å². The van der Waals surface area contributed by atoms with Crippen LogP contribution in [0.2, 0.25) is 0 Å². The molecular formula is C44H28O. The van der Waals surface area contributed by atoms with Crippen molar-refractivity contribution >= 4 is 43.5 Å². The van der Waals surface area contributed by atoms with E-state index in [-0.39, 0.29) is 62.3 Å². The largest absolute Gasteiger partial charge is 0.455 e. The van der Waals surface area contributed by atoms with Gasteiger partial charge in [-0.25, -0.2) is 0 Å². The maximum absolute atomic E-state index is 9.80. The highest BCUT2D eigenvalue weighted by Gasteiger charge is 2.20. The summed E-state index contributed by atoms with van der Waals surface area (Å²) >= 11 is 0. The molecule has 0 atom stereocenters. The van der Waals surface area contributed by atoms with Crippen LogP contribution in [0.25, 0.3) is 88.0 Å². The number of benzene rings is 8. The molecule has 0 aliphatic rings. The Hall–Kier alpha value is -5.92. The van der Waals surface area contributed by atoms with Gasteiger partial charge >= 0.3 is 0 Å². The monoisotopic (exact) mass is 587 g/mol. The first-order valence-electron chi connectivity index (χ1n) is 21.7. The van der Waals surface area contributed by atoms with Gasteiger partial charge in [-0.3, -0.25) is 0 Å². The molecule has 1 aromatic heterocycles. The van der Waals surface area contributed by atoms with Gasteiger partial charge in [-0.1, -0.05) is 157 Å². The van der Waals surface area contributed by atoms with Crippen LogP contribution in [0.3, 0.4) is 0 Å². The van der Waals surface area contributed by atoms with Crippen molar-refractivity contribution in [1.29, 1.82) is 0 Å². The Balaban J connectivity index is 1.45. The highest BCUT2D eigenvalue weighted by atomic mass is 16.3. The fourth-order valence-corrected chi connectivity index (χ4v) is 6.09. The highest BCUT2D eigenvalue weighted by molar-refractivity contribution is 6.23. The van der Waals surface area contributed by atoms with E-state index in [0.717, 1.165) is 0 Å². The van der Waals surface area contributed by atoms with Crippen LogP contribution in [0, 0.1) is 0 Å². The molecule has 0 N–H and O–H groups in total. The molecule has 0 amide bonds. The first kappa shape index (κ1) is 14.7. The summed E-state index contributed by atoms with van der Waals surface area (Å²) < 4.78 is 139. The Labute approximate surface area is 282 Å². The van der Waals surface area contributed by atoms with Crippen molar-refractivity contribution in [3.63, 3.8) is 0 Å². The van der Waals surface area contributed by atoms with Gasteiger partial charge in [0.05, 0.1) is 20.6 Å². The van der Waals surface area contributed by atoms with Crippen LogP contribution in [0.5, 0.6) is 0 Å². The zero-order valence-electron chi connectivity index (χ0n) is 38.4. The lowest BCUT2D eigenvalue weighted by Gasteiger charge is -2.19. The molecule has 0 aliphatic carbocycles.